The Balaban J connectivity index is 2.81. The number of guanidine groups is 1. The summed E-state index contributed by atoms with van der Waals surface area (Å²) in [6.45, 7) is 7.52. The van der Waals surface area contributed by atoms with Gasteiger partial charge in [-0.25, -0.2) is 0 Å². The summed E-state index contributed by atoms with van der Waals surface area (Å²) in [5.41, 5.74) is 8.52. The first-order chi connectivity index (χ1) is 15.4. The van der Waals surface area contributed by atoms with Crippen LogP contribution >= 0.6 is 0 Å². The lowest BCUT2D eigenvalue weighted by atomic mass is 9.79. The Bertz CT molecular complexity index is 656. The molecule has 10 N–H and O–H groups in total. The van der Waals surface area contributed by atoms with Gasteiger partial charge in [-0.3, -0.25) is 14.6 Å². The number of quaternary nitrogens is 1. The van der Waals surface area contributed by atoms with E-state index < -0.39 is 48.7 Å². The average molecular weight is 476 g/mol. The molecular weight excluding hydrogens is 432 g/mol. The molecule has 0 heterocycles. The van der Waals surface area contributed by atoms with E-state index in [-0.39, 0.29) is 18.3 Å². The first kappa shape index (κ1) is 29.0. The van der Waals surface area contributed by atoms with Crippen LogP contribution in [0, 0.1) is 0 Å². The second-order valence-electron chi connectivity index (χ2n) is 9.16. The molecule has 33 heavy (non-hydrogen) atoms. The molecule has 1 saturated carbocycles. The van der Waals surface area contributed by atoms with E-state index in [2.05, 4.69) is 36.5 Å². The van der Waals surface area contributed by atoms with Gasteiger partial charge in [-0.15, -0.1) is 0 Å². The van der Waals surface area contributed by atoms with Gasteiger partial charge in [-0.05, 0) is 33.1 Å². The predicted octanol–water partition coefficient (Wildman–Crippen LogP) is -2.87. The van der Waals surface area contributed by atoms with Crippen LogP contribution in [0.2, 0.25) is 0 Å². The number of aliphatic hydroxyl groups is 4. The van der Waals surface area contributed by atoms with E-state index in [1.807, 2.05) is 0 Å². The molecule has 0 unspecified atom stereocenters. The number of carbonyl (C=O) groups excluding carboxylic acids is 2. The van der Waals surface area contributed by atoms with Crippen molar-refractivity contribution in [2.75, 3.05) is 39.8 Å². The topological polar surface area (TPSA) is 204 Å². The van der Waals surface area contributed by atoms with Crippen molar-refractivity contribution in [2.24, 2.45) is 16.5 Å². The van der Waals surface area contributed by atoms with E-state index >= 15 is 0 Å². The average Bonchev–Trinajstić information content (AvgIpc) is 2.75. The van der Waals surface area contributed by atoms with E-state index in [0.717, 1.165) is 24.1 Å². The molecule has 0 radical (unpaired) electrons. The smallest absolute Gasteiger partial charge is 0.252 e. The number of nitrogens with two attached hydrogens (primary N) is 2. The molecule has 0 spiro atoms. The lowest BCUT2D eigenvalue weighted by Crippen LogP contribution is -2.61. The molecule has 0 bridgehead atoms. The number of aliphatic imine (C=N–C) groups is 1. The standard InChI is InChI=1S/C21H42N6O6/c1-4-27(3,5-2)11-10-24-18(31)14(8-6-7-9-25-20(22)23)26-19(32)21(33)12-15(28)17(30)16(29)13-21/h14-17,28-30,33H,4-13H2,1-3H3,(H5-,22,23,24,25,26,31,32)/p+1/t14-,15+,16+,17?,21?/m0/s1. The van der Waals surface area contributed by atoms with Crippen LogP contribution in [0.25, 0.3) is 0 Å². The number of hydrogen-bond acceptors (Lipinski definition) is 7. The Labute approximate surface area is 195 Å². The Morgan fingerprint density at radius 1 is 1.12 bits per heavy atom. The molecule has 2 amide bonds. The Hall–Kier alpha value is -1.99. The highest BCUT2D eigenvalue weighted by Crippen LogP contribution is 2.29. The molecule has 0 aliphatic heterocycles. The molecule has 12 nitrogen and oxygen atoms in total. The molecule has 1 aliphatic rings. The summed E-state index contributed by atoms with van der Waals surface area (Å²) < 4.78 is 0.785. The van der Waals surface area contributed by atoms with Gasteiger partial charge in [-0.1, -0.05) is 0 Å². The molecule has 0 aromatic heterocycles. The van der Waals surface area contributed by atoms with Gasteiger partial charge in [0.2, 0.25) is 5.91 Å². The highest BCUT2D eigenvalue weighted by atomic mass is 16.4. The number of nitrogens with one attached hydrogen (secondary N) is 2. The number of carbonyl (C=O) groups is 2. The lowest BCUT2D eigenvalue weighted by molar-refractivity contribution is -0.904. The van der Waals surface area contributed by atoms with Gasteiger partial charge in [-0.2, -0.15) is 0 Å². The molecule has 0 saturated heterocycles. The summed E-state index contributed by atoms with van der Waals surface area (Å²) in [7, 11) is 2.10. The number of aliphatic hydroxyl groups excluding tert-OH is 3. The van der Waals surface area contributed by atoms with Gasteiger partial charge in [0, 0.05) is 19.4 Å². The molecule has 0 aromatic carbocycles. The van der Waals surface area contributed by atoms with Crippen molar-refractivity contribution >= 4 is 17.8 Å². The maximum absolute atomic E-state index is 12.9. The zero-order valence-electron chi connectivity index (χ0n) is 20.0. The third-order valence-electron chi connectivity index (χ3n) is 6.60. The Morgan fingerprint density at radius 3 is 2.21 bits per heavy atom. The highest BCUT2D eigenvalue weighted by Gasteiger charge is 2.48. The summed E-state index contributed by atoms with van der Waals surface area (Å²) in [6.07, 6.45) is -3.85. The van der Waals surface area contributed by atoms with Crippen molar-refractivity contribution in [3.05, 3.63) is 0 Å². The molecule has 192 valence electrons. The zero-order chi connectivity index (χ0) is 25.2. The number of rotatable bonds is 13. The van der Waals surface area contributed by atoms with Crippen molar-refractivity contribution in [3.63, 3.8) is 0 Å². The summed E-state index contributed by atoms with van der Waals surface area (Å²) >= 11 is 0. The minimum atomic E-state index is -2.10. The quantitative estimate of drug-likeness (QED) is 0.0600. The van der Waals surface area contributed by atoms with Crippen molar-refractivity contribution in [2.45, 2.75) is 75.9 Å². The van der Waals surface area contributed by atoms with Crippen LogP contribution in [0.1, 0.15) is 46.0 Å². The summed E-state index contributed by atoms with van der Waals surface area (Å²) in [5.74, 6) is -1.28. The fourth-order valence-electron chi connectivity index (χ4n) is 3.80. The number of nitrogens with zero attached hydrogens (tertiary/aromatic N) is 2. The largest absolute Gasteiger partial charge is 0.390 e. The number of unbranched alkanes of at least 4 members (excludes halogenated alkanes) is 1. The lowest BCUT2D eigenvalue weighted by Gasteiger charge is -2.39. The summed E-state index contributed by atoms with van der Waals surface area (Å²) in [6, 6.07) is -0.927. The monoisotopic (exact) mass is 475 g/mol. The third kappa shape index (κ3) is 9.05. The van der Waals surface area contributed by atoms with Crippen LogP contribution in [0.4, 0.5) is 0 Å². The summed E-state index contributed by atoms with van der Waals surface area (Å²) in [5, 5.41) is 45.6. The summed E-state index contributed by atoms with van der Waals surface area (Å²) in [4.78, 5) is 29.6. The molecule has 12 heteroatoms. The Kier molecular flexibility index (Phi) is 11.5. The third-order valence-corrected chi connectivity index (χ3v) is 6.60. The van der Waals surface area contributed by atoms with Gasteiger partial charge in [0.15, 0.2) is 5.96 Å². The van der Waals surface area contributed by atoms with E-state index in [0.29, 0.717) is 25.9 Å². The van der Waals surface area contributed by atoms with Crippen LogP contribution in [0.15, 0.2) is 4.99 Å². The van der Waals surface area contributed by atoms with E-state index in [4.69, 9.17) is 11.5 Å². The second-order valence-corrected chi connectivity index (χ2v) is 9.16. The van der Waals surface area contributed by atoms with Gasteiger partial charge in [0.1, 0.15) is 17.7 Å². The van der Waals surface area contributed by atoms with Crippen molar-refractivity contribution in [3.8, 4) is 0 Å². The SMILES string of the molecule is CC[N+](C)(CC)CCNC(=O)[C@H](CCCCN=C(N)N)NC(=O)C1(O)C[C@@H](O)C(O)[C@H](O)C1. The van der Waals surface area contributed by atoms with Crippen LogP contribution < -0.4 is 22.1 Å². The number of amides is 2. The first-order valence-corrected chi connectivity index (χ1v) is 11.6. The van der Waals surface area contributed by atoms with Gasteiger partial charge >= 0.3 is 0 Å². The van der Waals surface area contributed by atoms with Crippen molar-refractivity contribution in [1.82, 2.24) is 10.6 Å². The first-order valence-electron chi connectivity index (χ1n) is 11.6. The van der Waals surface area contributed by atoms with Crippen molar-refractivity contribution < 1.29 is 34.5 Å². The van der Waals surface area contributed by atoms with Crippen LogP contribution in [0.3, 0.4) is 0 Å². The van der Waals surface area contributed by atoms with E-state index in [1.54, 1.807) is 0 Å². The minimum absolute atomic E-state index is 0.0237. The fourth-order valence-corrected chi connectivity index (χ4v) is 3.80. The fraction of sp³-hybridized carbons (Fsp3) is 0.857. The van der Waals surface area contributed by atoms with Gasteiger partial charge in [0.05, 0.1) is 45.4 Å². The van der Waals surface area contributed by atoms with Crippen molar-refractivity contribution in [1.29, 1.82) is 0 Å². The highest BCUT2D eigenvalue weighted by molar-refractivity contribution is 5.91. The zero-order valence-corrected chi connectivity index (χ0v) is 20.0. The maximum Gasteiger partial charge on any atom is 0.252 e. The minimum Gasteiger partial charge on any atom is -0.390 e. The van der Waals surface area contributed by atoms with Gasteiger partial charge < -0.3 is 47.0 Å². The predicted molar refractivity (Wildman–Crippen MR) is 124 cm³/mol. The molecule has 0 aromatic rings. The Morgan fingerprint density at radius 2 is 1.70 bits per heavy atom. The molecule has 3 atom stereocenters. The normalized spacial score (nSPS) is 26.3. The molecule has 1 aliphatic carbocycles. The van der Waals surface area contributed by atoms with E-state index in [1.165, 1.54) is 0 Å². The number of hydrogen-bond donors (Lipinski definition) is 8. The molecule has 1 rings (SSSR count). The van der Waals surface area contributed by atoms with E-state index in [9.17, 15) is 30.0 Å². The van der Waals surface area contributed by atoms with Gasteiger partial charge in [0.25, 0.3) is 5.91 Å². The molecular formula is C21H43N6O6+. The molecule has 1 fully saturated rings. The van der Waals surface area contributed by atoms with Crippen LogP contribution in [-0.4, -0.2) is 112 Å². The van der Waals surface area contributed by atoms with Crippen LogP contribution in [0.5, 0.6) is 0 Å². The maximum atomic E-state index is 12.9. The number of likely N-dealkylation sites (N-methyl/N-ethyl adjacent to an activating group) is 1. The van der Waals surface area contributed by atoms with Crippen LogP contribution in [-0.2, 0) is 9.59 Å². The second kappa shape index (κ2) is 13.0.